The van der Waals surface area contributed by atoms with Crippen LogP contribution in [0.5, 0.6) is 0 Å². The highest BCUT2D eigenvalue weighted by atomic mass is 32.1. The van der Waals surface area contributed by atoms with Crippen LogP contribution in [0.15, 0.2) is 53.9 Å². The summed E-state index contributed by atoms with van der Waals surface area (Å²) >= 11 is 1.30. The molecule has 5 nitrogen and oxygen atoms in total. The fraction of sp³-hybridized carbons (Fsp3) is 0.261. The summed E-state index contributed by atoms with van der Waals surface area (Å²) in [5, 5.41) is 5.81. The molecule has 1 aliphatic heterocycles. The van der Waals surface area contributed by atoms with Crippen molar-refractivity contribution in [3.63, 3.8) is 0 Å². The number of nitrogens with zero attached hydrogens (tertiary/aromatic N) is 4. The van der Waals surface area contributed by atoms with Gasteiger partial charge in [0.2, 0.25) is 0 Å². The van der Waals surface area contributed by atoms with E-state index < -0.39 is 11.9 Å². The first kappa shape index (κ1) is 20.7. The van der Waals surface area contributed by atoms with Gasteiger partial charge < -0.3 is 4.90 Å². The zero-order valence-corrected chi connectivity index (χ0v) is 18.0. The van der Waals surface area contributed by atoms with Crippen LogP contribution in [0, 0.1) is 6.92 Å². The molecule has 0 N–H and O–H groups in total. The Morgan fingerprint density at radius 3 is 2.62 bits per heavy atom. The van der Waals surface area contributed by atoms with Gasteiger partial charge >= 0.3 is 6.18 Å². The first-order chi connectivity index (χ1) is 15.3. The topological polar surface area (TPSA) is 50.5 Å². The molecule has 1 fully saturated rings. The van der Waals surface area contributed by atoms with E-state index in [1.54, 1.807) is 22.4 Å². The number of rotatable bonds is 3. The molecule has 5 rings (SSSR count). The van der Waals surface area contributed by atoms with Crippen molar-refractivity contribution in [1.29, 1.82) is 0 Å². The number of carbonyl (C=O) groups is 1. The van der Waals surface area contributed by atoms with Gasteiger partial charge in [0, 0.05) is 12.6 Å². The second kappa shape index (κ2) is 7.74. The Kier molecular flexibility index (Phi) is 5.00. The van der Waals surface area contributed by atoms with Crippen molar-refractivity contribution in [1.82, 2.24) is 19.5 Å². The lowest BCUT2D eigenvalue weighted by Gasteiger charge is -2.24. The minimum atomic E-state index is -4.64. The Labute approximate surface area is 186 Å². The minimum absolute atomic E-state index is 0.00217. The molecule has 0 bridgehead atoms. The molecule has 0 saturated carbocycles. The third-order valence-corrected chi connectivity index (χ3v) is 6.58. The highest BCUT2D eigenvalue weighted by Crippen LogP contribution is 2.35. The molecule has 32 heavy (non-hydrogen) atoms. The number of fused-ring (bicyclic) bond motifs is 1. The van der Waals surface area contributed by atoms with E-state index in [2.05, 4.69) is 10.1 Å². The van der Waals surface area contributed by atoms with Gasteiger partial charge in [-0.2, -0.15) is 18.3 Å². The molecule has 4 heterocycles. The number of hydrogen-bond donors (Lipinski definition) is 0. The molecule has 1 amide bonds. The number of halogens is 3. The summed E-state index contributed by atoms with van der Waals surface area (Å²) in [6.45, 7) is 2.53. The van der Waals surface area contributed by atoms with Crippen LogP contribution < -0.4 is 0 Å². The number of alkyl halides is 3. The van der Waals surface area contributed by atoms with Crippen LogP contribution in [0.3, 0.4) is 0 Å². The Balaban J connectivity index is 1.55. The number of benzene rings is 1. The Hall–Kier alpha value is -3.20. The van der Waals surface area contributed by atoms with E-state index in [1.807, 2.05) is 31.2 Å². The maximum atomic E-state index is 13.8. The molecule has 0 unspecified atom stereocenters. The molecule has 164 valence electrons. The normalized spacial score (nSPS) is 16.8. The summed E-state index contributed by atoms with van der Waals surface area (Å²) in [7, 11) is 0. The predicted molar refractivity (Wildman–Crippen MR) is 115 cm³/mol. The van der Waals surface area contributed by atoms with Crippen molar-refractivity contribution in [3.05, 3.63) is 76.4 Å². The van der Waals surface area contributed by atoms with Crippen LogP contribution in [0.2, 0.25) is 0 Å². The van der Waals surface area contributed by atoms with Crippen LogP contribution in [-0.4, -0.2) is 31.9 Å². The summed E-state index contributed by atoms with van der Waals surface area (Å²) in [4.78, 5) is 19.9. The molecule has 1 aliphatic rings. The van der Waals surface area contributed by atoms with Crippen molar-refractivity contribution in [2.24, 2.45) is 0 Å². The SMILES string of the molecule is Cc1ccc([C@H]2CCCN2C(=O)c2cc3nc(-c4cccs4)cc(C(F)(F)F)n3n2)cc1. The maximum Gasteiger partial charge on any atom is 0.433 e. The van der Waals surface area contributed by atoms with Gasteiger partial charge in [0.1, 0.15) is 0 Å². The largest absolute Gasteiger partial charge is 0.433 e. The summed E-state index contributed by atoms with van der Waals surface area (Å²) in [5.74, 6) is -0.385. The van der Waals surface area contributed by atoms with Crippen LogP contribution in [-0.2, 0) is 6.18 Å². The van der Waals surface area contributed by atoms with E-state index in [0.717, 1.165) is 34.6 Å². The quantitative estimate of drug-likeness (QED) is 0.394. The third kappa shape index (κ3) is 3.66. The number of carbonyl (C=O) groups excluding carboxylic acids is 1. The average molecular weight is 456 g/mol. The van der Waals surface area contributed by atoms with E-state index in [4.69, 9.17) is 0 Å². The predicted octanol–water partition coefficient (Wildman–Crippen LogP) is 5.76. The molecule has 4 aromatic rings. The number of likely N-dealkylation sites (tertiary alicyclic amines) is 1. The Morgan fingerprint density at radius 1 is 1.16 bits per heavy atom. The number of hydrogen-bond acceptors (Lipinski definition) is 4. The van der Waals surface area contributed by atoms with Crippen molar-refractivity contribution in [3.8, 4) is 10.6 Å². The van der Waals surface area contributed by atoms with Crippen molar-refractivity contribution < 1.29 is 18.0 Å². The molecular weight excluding hydrogens is 437 g/mol. The summed E-state index contributed by atoms with van der Waals surface area (Å²) in [5.41, 5.74) is 1.35. The summed E-state index contributed by atoms with van der Waals surface area (Å²) < 4.78 is 42.1. The lowest BCUT2D eigenvalue weighted by Crippen LogP contribution is -2.31. The van der Waals surface area contributed by atoms with Crippen molar-refractivity contribution in [2.75, 3.05) is 6.54 Å². The molecule has 0 aliphatic carbocycles. The highest BCUT2D eigenvalue weighted by molar-refractivity contribution is 7.13. The van der Waals surface area contributed by atoms with E-state index in [-0.39, 0.29) is 29.0 Å². The summed E-state index contributed by atoms with van der Waals surface area (Å²) in [6, 6.07) is 13.6. The van der Waals surface area contributed by atoms with E-state index in [9.17, 15) is 18.0 Å². The van der Waals surface area contributed by atoms with Crippen LogP contribution in [0.4, 0.5) is 13.2 Å². The van der Waals surface area contributed by atoms with Crippen molar-refractivity contribution in [2.45, 2.75) is 32.0 Å². The number of aryl methyl sites for hydroxylation is 1. The van der Waals surface area contributed by atoms with Crippen LogP contribution in [0.25, 0.3) is 16.2 Å². The first-order valence-electron chi connectivity index (χ1n) is 10.2. The van der Waals surface area contributed by atoms with Crippen LogP contribution in [0.1, 0.15) is 46.2 Å². The van der Waals surface area contributed by atoms with Gasteiger partial charge in [-0.3, -0.25) is 4.79 Å². The Morgan fingerprint density at radius 2 is 1.94 bits per heavy atom. The third-order valence-electron chi connectivity index (χ3n) is 5.69. The fourth-order valence-electron chi connectivity index (χ4n) is 4.12. The van der Waals surface area contributed by atoms with E-state index in [0.29, 0.717) is 11.4 Å². The monoisotopic (exact) mass is 456 g/mol. The highest BCUT2D eigenvalue weighted by Gasteiger charge is 2.37. The van der Waals surface area contributed by atoms with Gasteiger partial charge in [0.05, 0.1) is 16.6 Å². The van der Waals surface area contributed by atoms with Gasteiger partial charge in [0.25, 0.3) is 5.91 Å². The lowest BCUT2D eigenvalue weighted by molar-refractivity contribution is -0.142. The minimum Gasteiger partial charge on any atom is -0.330 e. The van der Waals surface area contributed by atoms with Crippen LogP contribution >= 0.6 is 11.3 Å². The zero-order valence-electron chi connectivity index (χ0n) is 17.1. The molecule has 3 aromatic heterocycles. The zero-order chi connectivity index (χ0) is 22.5. The van der Waals surface area contributed by atoms with E-state index >= 15 is 0 Å². The van der Waals surface area contributed by atoms with Gasteiger partial charge in [-0.05, 0) is 42.8 Å². The maximum absolute atomic E-state index is 13.8. The molecule has 1 atom stereocenters. The van der Waals surface area contributed by atoms with Gasteiger partial charge in [0.15, 0.2) is 17.0 Å². The lowest BCUT2D eigenvalue weighted by atomic mass is 10.0. The van der Waals surface area contributed by atoms with Gasteiger partial charge in [-0.1, -0.05) is 35.9 Å². The van der Waals surface area contributed by atoms with Crippen molar-refractivity contribution >= 4 is 22.9 Å². The standard InChI is InChI=1S/C23H19F3N4OS/c1-14-6-8-15(9-7-14)18-4-2-10-29(18)22(31)17-13-21-27-16(19-5-3-11-32-19)12-20(23(24,25)26)30(21)28-17/h3,5-9,11-13,18H,2,4,10H2,1H3/t18-/m1/s1. The fourth-order valence-corrected chi connectivity index (χ4v) is 4.81. The second-order valence-electron chi connectivity index (χ2n) is 7.87. The van der Waals surface area contributed by atoms with E-state index in [1.165, 1.54) is 17.4 Å². The number of thiophene rings is 1. The van der Waals surface area contributed by atoms with Gasteiger partial charge in [-0.15, -0.1) is 11.3 Å². The number of amides is 1. The summed E-state index contributed by atoms with van der Waals surface area (Å²) in [6.07, 6.45) is -3.01. The molecule has 0 radical (unpaired) electrons. The molecule has 1 saturated heterocycles. The van der Waals surface area contributed by atoms with Gasteiger partial charge in [-0.25, -0.2) is 9.50 Å². The average Bonchev–Trinajstić information content (AvgIpc) is 3.52. The molecule has 0 spiro atoms. The molecular formula is C23H19F3N4OS. The Bertz CT molecular complexity index is 1280. The molecule has 9 heteroatoms. The molecule has 1 aromatic carbocycles. The first-order valence-corrected chi connectivity index (χ1v) is 11.1. The second-order valence-corrected chi connectivity index (χ2v) is 8.82. The smallest absolute Gasteiger partial charge is 0.330 e. The number of aromatic nitrogens is 3.